The molecule has 3 nitrogen and oxygen atoms in total. The Kier molecular flexibility index (Phi) is 3.50. The lowest BCUT2D eigenvalue weighted by Gasteiger charge is -2.17. The van der Waals surface area contributed by atoms with Crippen LogP contribution in [0.1, 0.15) is 32.2 Å². The first-order valence-corrected chi connectivity index (χ1v) is 6.53. The molecule has 0 fully saturated rings. The summed E-state index contributed by atoms with van der Waals surface area (Å²) >= 11 is 6.12. The number of benzene rings is 1. The number of nitrogens with one attached hydrogen (secondary N) is 1. The van der Waals surface area contributed by atoms with Gasteiger partial charge in [-0.3, -0.25) is 4.79 Å². The first-order chi connectivity index (χ1) is 8.77. The third kappa shape index (κ3) is 3.04. The Hall–Kier alpha value is -1.61. The second-order valence-corrected chi connectivity index (χ2v) is 6.10. The van der Waals surface area contributed by atoms with E-state index in [9.17, 15) is 4.79 Å². The average Bonchev–Trinajstić information content (AvgIpc) is 2.31. The first kappa shape index (κ1) is 13.8. The Morgan fingerprint density at radius 3 is 2.47 bits per heavy atom. The zero-order valence-electron chi connectivity index (χ0n) is 11.5. The van der Waals surface area contributed by atoms with E-state index >= 15 is 0 Å². The number of aromatic amines is 1. The molecular weight excluding hydrogens is 260 g/mol. The Morgan fingerprint density at radius 2 is 1.89 bits per heavy atom. The number of aryl methyl sites for hydroxylation is 1. The molecule has 0 amide bonds. The van der Waals surface area contributed by atoms with Crippen LogP contribution < -0.4 is 5.56 Å². The van der Waals surface area contributed by atoms with Crippen LogP contribution in [0.25, 0.3) is 11.3 Å². The van der Waals surface area contributed by atoms with E-state index in [-0.39, 0.29) is 11.0 Å². The molecule has 0 atom stereocenters. The predicted molar refractivity (Wildman–Crippen MR) is 78.7 cm³/mol. The van der Waals surface area contributed by atoms with Crippen LogP contribution in [0.4, 0.5) is 0 Å². The van der Waals surface area contributed by atoms with Crippen molar-refractivity contribution in [3.8, 4) is 11.3 Å². The molecule has 0 unspecified atom stereocenters. The third-order valence-electron chi connectivity index (χ3n) is 2.92. The van der Waals surface area contributed by atoms with Crippen LogP contribution in [0.5, 0.6) is 0 Å². The molecule has 1 heterocycles. The van der Waals surface area contributed by atoms with Gasteiger partial charge in [0.15, 0.2) is 0 Å². The fourth-order valence-corrected chi connectivity index (χ4v) is 1.89. The molecule has 0 aliphatic rings. The molecule has 100 valence electrons. The molecule has 2 aromatic rings. The van der Waals surface area contributed by atoms with Gasteiger partial charge in [0.05, 0.1) is 5.69 Å². The monoisotopic (exact) mass is 276 g/mol. The Balaban J connectivity index is 2.59. The molecule has 0 aliphatic carbocycles. The van der Waals surface area contributed by atoms with Crippen molar-refractivity contribution in [2.45, 2.75) is 33.1 Å². The normalized spacial score (nSPS) is 11.6. The predicted octanol–water partition coefficient (Wildman–Crippen LogP) is 3.70. The number of aromatic nitrogens is 2. The number of hydrogen-bond donors (Lipinski definition) is 1. The Labute approximate surface area is 117 Å². The van der Waals surface area contributed by atoms with Gasteiger partial charge in [0.2, 0.25) is 0 Å². The summed E-state index contributed by atoms with van der Waals surface area (Å²) in [4.78, 5) is 19.1. The number of hydrogen-bond acceptors (Lipinski definition) is 2. The Morgan fingerprint density at radius 1 is 1.21 bits per heavy atom. The highest BCUT2D eigenvalue weighted by atomic mass is 35.5. The second-order valence-electron chi connectivity index (χ2n) is 5.69. The van der Waals surface area contributed by atoms with Gasteiger partial charge in [-0.05, 0) is 18.6 Å². The fraction of sp³-hybridized carbons (Fsp3) is 0.333. The zero-order chi connectivity index (χ0) is 14.2. The molecule has 0 radical (unpaired) electrons. The molecule has 19 heavy (non-hydrogen) atoms. The van der Waals surface area contributed by atoms with E-state index in [1.165, 1.54) is 6.07 Å². The van der Waals surface area contributed by atoms with Crippen molar-refractivity contribution in [1.29, 1.82) is 0 Å². The van der Waals surface area contributed by atoms with Crippen LogP contribution in [-0.2, 0) is 5.41 Å². The van der Waals surface area contributed by atoms with Crippen molar-refractivity contribution < 1.29 is 0 Å². The maximum absolute atomic E-state index is 11.8. The number of halogens is 1. The van der Waals surface area contributed by atoms with Gasteiger partial charge in [-0.25, -0.2) is 4.98 Å². The number of rotatable bonds is 1. The Bertz CT molecular complexity index is 669. The molecule has 0 spiro atoms. The van der Waals surface area contributed by atoms with Crippen LogP contribution in [0.15, 0.2) is 29.1 Å². The van der Waals surface area contributed by atoms with Crippen LogP contribution in [0, 0.1) is 6.92 Å². The van der Waals surface area contributed by atoms with Gasteiger partial charge >= 0.3 is 0 Å². The van der Waals surface area contributed by atoms with Crippen LogP contribution in [0.3, 0.4) is 0 Å². The number of nitrogens with zero attached hydrogens (tertiary/aromatic N) is 1. The number of H-pyrrole nitrogens is 1. The van der Waals surface area contributed by atoms with Crippen molar-refractivity contribution in [2.75, 3.05) is 0 Å². The molecule has 0 bridgehead atoms. The summed E-state index contributed by atoms with van der Waals surface area (Å²) in [6.07, 6.45) is 0. The summed E-state index contributed by atoms with van der Waals surface area (Å²) in [5.41, 5.74) is 2.16. The third-order valence-corrected chi connectivity index (χ3v) is 3.33. The molecule has 0 aliphatic heterocycles. The quantitative estimate of drug-likeness (QED) is 0.863. The average molecular weight is 277 g/mol. The molecular formula is C15H17ClN2O. The second kappa shape index (κ2) is 4.82. The van der Waals surface area contributed by atoms with E-state index in [0.29, 0.717) is 16.5 Å². The van der Waals surface area contributed by atoms with Crippen molar-refractivity contribution in [3.05, 3.63) is 51.0 Å². The molecule has 4 heteroatoms. The maximum atomic E-state index is 11.8. The summed E-state index contributed by atoms with van der Waals surface area (Å²) in [6.45, 7) is 7.98. The van der Waals surface area contributed by atoms with Gasteiger partial charge in [-0.1, -0.05) is 44.5 Å². The van der Waals surface area contributed by atoms with E-state index in [4.69, 9.17) is 11.6 Å². The van der Waals surface area contributed by atoms with Crippen LogP contribution >= 0.6 is 11.6 Å². The van der Waals surface area contributed by atoms with Gasteiger partial charge in [0.25, 0.3) is 5.56 Å². The van der Waals surface area contributed by atoms with E-state index in [0.717, 1.165) is 11.1 Å². The minimum Gasteiger partial charge on any atom is -0.310 e. The lowest BCUT2D eigenvalue weighted by molar-refractivity contribution is 0.543. The molecule has 2 rings (SSSR count). The standard InChI is InChI=1S/C15H17ClN2O/c1-9-5-6-10(7-11(9)16)12-8-13(19)18-14(17-12)15(2,3)4/h5-8H,1-4H3,(H,17,18,19). The highest BCUT2D eigenvalue weighted by molar-refractivity contribution is 6.31. The molecule has 0 saturated carbocycles. The van der Waals surface area contributed by atoms with E-state index in [1.54, 1.807) is 0 Å². The van der Waals surface area contributed by atoms with Gasteiger partial charge < -0.3 is 4.98 Å². The fourth-order valence-electron chi connectivity index (χ4n) is 1.71. The van der Waals surface area contributed by atoms with Gasteiger partial charge in [0, 0.05) is 22.1 Å². The summed E-state index contributed by atoms with van der Waals surface area (Å²) in [5.74, 6) is 0.673. The summed E-state index contributed by atoms with van der Waals surface area (Å²) in [7, 11) is 0. The minimum atomic E-state index is -0.205. The minimum absolute atomic E-state index is 0.147. The molecule has 0 saturated heterocycles. The van der Waals surface area contributed by atoms with E-state index in [2.05, 4.69) is 9.97 Å². The zero-order valence-corrected chi connectivity index (χ0v) is 12.3. The topological polar surface area (TPSA) is 45.8 Å². The lowest BCUT2D eigenvalue weighted by atomic mass is 9.95. The summed E-state index contributed by atoms with van der Waals surface area (Å²) < 4.78 is 0. The highest BCUT2D eigenvalue weighted by Gasteiger charge is 2.18. The molecule has 1 aromatic carbocycles. The van der Waals surface area contributed by atoms with Crippen molar-refractivity contribution in [2.24, 2.45) is 0 Å². The van der Waals surface area contributed by atoms with Crippen molar-refractivity contribution >= 4 is 11.6 Å². The van der Waals surface area contributed by atoms with E-state index in [1.807, 2.05) is 45.9 Å². The molecule has 1 N–H and O–H groups in total. The largest absolute Gasteiger partial charge is 0.310 e. The smallest absolute Gasteiger partial charge is 0.251 e. The summed E-state index contributed by atoms with van der Waals surface area (Å²) in [5, 5.41) is 0.678. The molecule has 1 aromatic heterocycles. The SMILES string of the molecule is Cc1ccc(-c2cc(=O)[nH]c(C(C)(C)C)n2)cc1Cl. The first-order valence-electron chi connectivity index (χ1n) is 6.16. The van der Waals surface area contributed by atoms with Gasteiger partial charge in [-0.15, -0.1) is 0 Å². The van der Waals surface area contributed by atoms with Crippen LogP contribution in [0.2, 0.25) is 5.02 Å². The lowest BCUT2D eigenvalue weighted by Crippen LogP contribution is -2.21. The highest BCUT2D eigenvalue weighted by Crippen LogP contribution is 2.25. The van der Waals surface area contributed by atoms with Gasteiger partial charge in [0.1, 0.15) is 5.82 Å². The maximum Gasteiger partial charge on any atom is 0.251 e. The van der Waals surface area contributed by atoms with Gasteiger partial charge in [-0.2, -0.15) is 0 Å². The van der Waals surface area contributed by atoms with Crippen LogP contribution in [-0.4, -0.2) is 9.97 Å². The van der Waals surface area contributed by atoms with E-state index < -0.39 is 0 Å². The summed E-state index contributed by atoms with van der Waals surface area (Å²) in [6, 6.07) is 7.19. The van der Waals surface area contributed by atoms with Crippen molar-refractivity contribution in [1.82, 2.24) is 9.97 Å². The van der Waals surface area contributed by atoms with Crippen molar-refractivity contribution in [3.63, 3.8) is 0 Å².